The average molecular weight is 239 g/mol. The van der Waals surface area contributed by atoms with Gasteiger partial charge in [0.1, 0.15) is 0 Å². The summed E-state index contributed by atoms with van der Waals surface area (Å²) in [6.07, 6.45) is 4.88. The van der Waals surface area contributed by atoms with Crippen molar-refractivity contribution >= 4 is 19.9 Å². The fourth-order valence-electron chi connectivity index (χ4n) is 1.82. The van der Waals surface area contributed by atoms with Crippen molar-refractivity contribution in [1.82, 2.24) is 0 Å². The van der Waals surface area contributed by atoms with E-state index in [4.69, 9.17) is 11.1 Å². The van der Waals surface area contributed by atoms with E-state index < -0.39 is 0 Å². The van der Waals surface area contributed by atoms with Gasteiger partial charge < -0.3 is 0 Å². The van der Waals surface area contributed by atoms with Crippen molar-refractivity contribution in [2.24, 2.45) is 0 Å². The normalized spacial score (nSPS) is 12.7. The molecule has 0 nitrogen and oxygen atoms in total. The highest BCUT2D eigenvalue weighted by Gasteiger charge is 2.12. The predicted molar refractivity (Wildman–Crippen MR) is 69.7 cm³/mol. The van der Waals surface area contributed by atoms with Crippen LogP contribution in [0.4, 0.5) is 0 Å². The third-order valence-electron chi connectivity index (χ3n) is 2.77. The Bertz CT molecular complexity index is 282. The molecular formula is C13H19ClSi. The summed E-state index contributed by atoms with van der Waals surface area (Å²) in [6, 6.07) is 8.77. The summed E-state index contributed by atoms with van der Waals surface area (Å²) in [5.41, 5.74) is 3.53. The topological polar surface area (TPSA) is 0 Å². The molecule has 1 rings (SSSR count). The van der Waals surface area contributed by atoms with Crippen LogP contribution in [0.3, 0.4) is 0 Å². The van der Waals surface area contributed by atoms with Gasteiger partial charge in [0.15, 0.2) is 8.83 Å². The van der Waals surface area contributed by atoms with Gasteiger partial charge in [-0.05, 0) is 29.5 Å². The summed E-state index contributed by atoms with van der Waals surface area (Å²) < 4.78 is 0. The van der Waals surface area contributed by atoms with Crippen molar-refractivity contribution in [2.45, 2.75) is 45.1 Å². The van der Waals surface area contributed by atoms with E-state index in [1.807, 2.05) is 0 Å². The Morgan fingerprint density at radius 3 is 2.60 bits per heavy atom. The van der Waals surface area contributed by atoms with Crippen molar-refractivity contribution in [2.75, 3.05) is 0 Å². The predicted octanol–water partition coefficient (Wildman–Crippen LogP) is 4.34. The Morgan fingerprint density at radius 1 is 1.27 bits per heavy atom. The first kappa shape index (κ1) is 12.8. The van der Waals surface area contributed by atoms with Gasteiger partial charge in [-0.1, -0.05) is 51.0 Å². The number of rotatable bonds is 6. The lowest BCUT2D eigenvalue weighted by atomic mass is 9.98. The molecule has 1 unspecified atom stereocenters. The highest BCUT2D eigenvalue weighted by Crippen LogP contribution is 2.24. The zero-order chi connectivity index (χ0) is 11.1. The number of unbranched alkanes of at least 4 members (excludes halogenated alkanes) is 1. The van der Waals surface area contributed by atoms with E-state index in [-0.39, 0.29) is 0 Å². The minimum atomic E-state index is 0.500. The second-order valence-electron chi connectivity index (χ2n) is 3.87. The third kappa shape index (κ3) is 3.65. The van der Waals surface area contributed by atoms with Gasteiger partial charge >= 0.3 is 0 Å². The van der Waals surface area contributed by atoms with E-state index in [9.17, 15) is 0 Å². The molecule has 0 bridgehead atoms. The second-order valence-corrected chi connectivity index (χ2v) is 5.44. The standard InChI is InChI=1S/C13H19ClSi/c1-3-5-8-11-9-6-7-10-12(11)13(4-2)15-14/h6-7,9-10,13H,3-5,8H2,1-2H3. The second kappa shape index (κ2) is 7.08. The van der Waals surface area contributed by atoms with E-state index in [1.165, 1.54) is 30.4 Å². The lowest BCUT2D eigenvalue weighted by Gasteiger charge is -2.15. The van der Waals surface area contributed by atoms with Gasteiger partial charge in [0.05, 0.1) is 0 Å². The van der Waals surface area contributed by atoms with E-state index in [0.717, 1.165) is 6.42 Å². The Balaban J connectivity index is 2.84. The maximum Gasteiger partial charge on any atom is 0.180 e. The van der Waals surface area contributed by atoms with Crippen LogP contribution in [0.1, 0.15) is 49.8 Å². The quantitative estimate of drug-likeness (QED) is 0.511. The maximum absolute atomic E-state index is 6.04. The van der Waals surface area contributed by atoms with Crippen LogP contribution in [-0.4, -0.2) is 8.83 Å². The minimum absolute atomic E-state index is 0.500. The van der Waals surface area contributed by atoms with Crippen LogP contribution < -0.4 is 0 Å². The van der Waals surface area contributed by atoms with Crippen LogP contribution in [0, 0.1) is 0 Å². The minimum Gasteiger partial charge on any atom is -0.171 e. The Morgan fingerprint density at radius 2 is 2.00 bits per heavy atom. The fraction of sp³-hybridized carbons (Fsp3) is 0.538. The van der Waals surface area contributed by atoms with Crippen LogP contribution in [0.5, 0.6) is 0 Å². The first-order chi connectivity index (χ1) is 7.33. The summed E-state index contributed by atoms with van der Waals surface area (Å²) >= 11 is 6.04. The SMILES string of the molecule is CCCCc1ccccc1C(CC)[Si]Cl. The zero-order valence-corrected chi connectivity index (χ0v) is 11.3. The number of hydrogen-bond donors (Lipinski definition) is 0. The van der Waals surface area contributed by atoms with Gasteiger partial charge in [-0.2, -0.15) is 11.1 Å². The molecule has 0 aliphatic carbocycles. The summed E-state index contributed by atoms with van der Waals surface area (Å²) in [5, 5.41) is 0. The van der Waals surface area contributed by atoms with Crippen molar-refractivity contribution in [3.05, 3.63) is 35.4 Å². The molecule has 82 valence electrons. The summed E-state index contributed by atoms with van der Waals surface area (Å²) in [4.78, 5) is 0. The number of hydrogen-bond acceptors (Lipinski definition) is 0. The van der Waals surface area contributed by atoms with Gasteiger partial charge in [-0.3, -0.25) is 0 Å². The molecule has 15 heavy (non-hydrogen) atoms. The molecule has 2 heteroatoms. The molecule has 1 atom stereocenters. The third-order valence-corrected chi connectivity index (χ3v) is 4.54. The largest absolute Gasteiger partial charge is 0.180 e. The molecule has 0 saturated carbocycles. The fourth-order valence-corrected chi connectivity index (χ4v) is 3.19. The molecule has 0 saturated heterocycles. The molecule has 2 radical (unpaired) electrons. The lowest BCUT2D eigenvalue weighted by molar-refractivity contribution is 0.774. The van der Waals surface area contributed by atoms with Gasteiger partial charge in [0.25, 0.3) is 0 Å². The van der Waals surface area contributed by atoms with E-state index >= 15 is 0 Å². The Kier molecular flexibility index (Phi) is 6.04. The molecule has 1 aromatic carbocycles. The molecule has 0 aromatic heterocycles. The number of halogens is 1. The first-order valence-corrected chi connectivity index (χ1v) is 7.86. The van der Waals surface area contributed by atoms with Crippen LogP contribution in [-0.2, 0) is 6.42 Å². The zero-order valence-electron chi connectivity index (χ0n) is 9.59. The monoisotopic (exact) mass is 238 g/mol. The van der Waals surface area contributed by atoms with Gasteiger partial charge in [-0.15, -0.1) is 0 Å². The van der Waals surface area contributed by atoms with Gasteiger partial charge in [-0.25, -0.2) is 0 Å². The van der Waals surface area contributed by atoms with Crippen LogP contribution in [0.25, 0.3) is 0 Å². The lowest BCUT2D eigenvalue weighted by Crippen LogP contribution is -2.05. The van der Waals surface area contributed by atoms with E-state index in [2.05, 4.69) is 38.1 Å². The molecular weight excluding hydrogens is 220 g/mol. The molecule has 0 aliphatic rings. The van der Waals surface area contributed by atoms with Crippen molar-refractivity contribution < 1.29 is 0 Å². The summed E-state index contributed by atoms with van der Waals surface area (Å²) in [5.74, 6) is 0. The molecule has 0 fully saturated rings. The smallest absolute Gasteiger partial charge is 0.171 e. The van der Waals surface area contributed by atoms with Crippen LogP contribution in [0.2, 0.25) is 0 Å². The maximum atomic E-state index is 6.04. The first-order valence-electron chi connectivity index (χ1n) is 5.77. The van der Waals surface area contributed by atoms with Gasteiger partial charge in [0.2, 0.25) is 0 Å². The van der Waals surface area contributed by atoms with E-state index in [1.54, 1.807) is 0 Å². The van der Waals surface area contributed by atoms with Crippen molar-refractivity contribution in [3.8, 4) is 0 Å². The van der Waals surface area contributed by atoms with E-state index in [0.29, 0.717) is 14.4 Å². The molecule has 1 aromatic rings. The number of benzene rings is 1. The van der Waals surface area contributed by atoms with Crippen molar-refractivity contribution in [1.29, 1.82) is 0 Å². The molecule has 0 amide bonds. The average Bonchev–Trinajstić information content (AvgIpc) is 2.29. The van der Waals surface area contributed by atoms with Crippen LogP contribution >= 0.6 is 11.1 Å². The highest BCUT2D eigenvalue weighted by molar-refractivity contribution is 6.94. The van der Waals surface area contributed by atoms with Crippen LogP contribution in [0.15, 0.2) is 24.3 Å². The Hall–Kier alpha value is -0.273. The molecule has 0 aliphatic heterocycles. The molecule has 0 heterocycles. The highest BCUT2D eigenvalue weighted by atomic mass is 35.6. The molecule has 0 spiro atoms. The Labute approximate surface area is 101 Å². The summed E-state index contributed by atoms with van der Waals surface area (Å²) in [6.45, 7) is 4.46. The summed E-state index contributed by atoms with van der Waals surface area (Å²) in [7, 11) is 0.500. The van der Waals surface area contributed by atoms with Gasteiger partial charge in [0, 0.05) is 0 Å². The van der Waals surface area contributed by atoms with Crippen molar-refractivity contribution in [3.63, 3.8) is 0 Å². The number of aryl methyl sites for hydroxylation is 1. The molecule has 0 N–H and O–H groups in total.